The Labute approximate surface area is 151 Å². The van der Waals surface area contributed by atoms with Gasteiger partial charge in [0, 0.05) is 19.7 Å². The molecule has 2 aromatic carbocycles. The number of nitrogens with zero attached hydrogens (tertiary/aromatic N) is 1. The second-order valence-electron chi connectivity index (χ2n) is 5.86. The van der Waals surface area contributed by atoms with E-state index in [0.717, 1.165) is 17.6 Å². The minimum Gasteiger partial charge on any atom is -0.486 e. The molecule has 0 radical (unpaired) electrons. The highest BCUT2D eigenvalue weighted by atomic mass is 19.1. The van der Waals surface area contributed by atoms with Crippen molar-refractivity contribution in [2.45, 2.75) is 12.5 Å². The van der Waals surface area contributed by atoms with Crippen LogP contribution in [0.3, 0.4) is 0 Å². The van der Waals surface area contributed by atoms with Gasteiger partial charge in [-0.1, -0.05) is 18.2 Å². The highest BCUT2D eigenvalue weighted by Crippen LogP contribution is 2.30. The van der Waals surface area contributed by atoms with Gasteiger partial charge in [0.15, 0.2) is 17.5 Å². The molecule has 0 spiro atoms. The zero-order chi connectivity index (χ0) is 18.4. The number of guanidine groups is 1. The largest absolute Gasteiger partial charge is 0.486 e. The minimum absolute atomic E-state index is 0.141. The first-order valence-corrected chi connectivity index (χ1v) is 8.42. The SMILES string of the molecule is CN=C(NCCc1ccc(F)cc1F)NCC1COc2ccccc2O1. The van der Waals surface area contributed by atoms with Crippen LogP contribution in [0.15, 0.2) is 47.5 Å². The van der Waals surface area contributed by atoms with Gasteiger partial charge >= 0.3 is 0 Å². The molecule has 1 aliphatic rings. The molecule has 0 bridgehead atoms. The summed E-state index contributed by atoms with van der Waals surface area (Å²) in [5, 5.41) is 6.26. The minimum atomic E-state index is -0.576. The highest BCUT2D eigenvalue weighted by Gasteiger charge is 2.20. The van der Waals surface area contributed by atoms with Gasteiger partial charge in [-0.05, 0) is 30.2 Å². The van der Waals surface area contributed by atoms with Crippen molar-refractivity contribution in [3.63, 3.8) is 0 Å². The molecule has 0 saturated carbocycles. The van der Waals surface area contributed by atoms with Crippen molar-refractivity contribution in [2.75, 3.05) is 26.7 Å². The number of nitrogens with one attached hydrogen (secondary N) is 2. The Hall–Kier alpha value is -2.83. The van der Waals surface area contributed by atoms with E-state index in [2.05, 4.69) is 15.6 Å². The first-order chi connectivity index (χ1) is 12.7. The first-order valence-electron chi connectivity index (χ1n) is 8.42. The number of para-hydroxylation sites is 2. The maximum atomic E-state index is 13.6. The number of fused-ring (bicyclic) bond motifs is 1. The van der Waals surface area contributed by atoms with Crippen LogP contribution in [0.5, 0.6) is 11.5 Å². The Kier molecular flexibility index (Phi) is 5.88. The number of hydrogen-bond donors (Lipinski definition) is 2. The highest BCUT2D eigenvalue weighted by molar-refractivity contribution is 5.79. The Morgan fingerprint density at radius 3 is 2.73 bits per heavy atom. The fraction of sp³-hybridized carbons (Fsp3) is 0.316. The Morgan fingerprint density at radius 1 is 1.15 bits per heavy atom. The van der Waals surface area contributed by atoms with Crippen molar-refractivity contribution in [1.29, 1.82) is 0 Å². The van der Waals surface area contributed by atoms with Crippen LogP contribution < -0.4 is 20.1 Å². The van der Waals surface area contributed by atoms with Gasteiger partial charge in [-0.3, -0.25) is 4.99 Å². The Morgan fingerprint density at radius 2 is 1.96 bits per heavy atom. The summed E-state index contributed by atoms with van der Waals surface area (Å²) in [5.41, 5.74) is 0.454. The van der Waals surface area contributed by atoms with Gasteiger partial charge in [-0.25, -0.2) is 8.78 Å². The molecule has 1 unspecified atom stereocenters. The molecule has 1 atom stereocenters. The molecule has 2 aromatic rings. The summed E-state index contributed by atoms with van der Waals surface area (Å²) in [4.78, 5) is 4.13. The summed E-state index contributed by atoms with van der Waals surface area (Å²) in [6, 6.07) is 11.1. The Bertz CT molecular complexity index is 783. The quantitative estimate of drug-likeness (QED) is 0.635. The monoisotopic (exact) mass is 361 g/mol. The van der Waals surface area contributed by atoms with Crippen LogP contribution in [0.25, 0.3) is 0 Å². The van der Waals surface area contributed by atoms with E-state index < -0.39 is 11.6 Å². The van der Waals surface area contributed by atoms with Crippen molar-refractivity contribution in [2.24, 2.45) is 4.99 Å². The lowest BCUT2D eigenvalue weighted by Gasteiger charge is -2.27. The lowest BCUT2D eigenvalue weighted by atomic mass is 10.1. The summed E-state index contributed by atoms with van der Waals surface area (Å²) in [6.45, 7) is 1.42. The molecule has 138 valence electrons. The average molecular weight is 361 g/mol. The van der Waals surface area contributed by atoms with Crippen LogP contribution >= 0.6 is 0 Å². The molecule has 26 heavy (non-hydrogen) atoms. The molecule has 0 saturated heterocycles. The fourth-order valence-corrected chi connectivity index (χ4v) is 2.63. The van der Waals surface area contributed by atoms with Crippen LogP contribution in [-0.4, -0.2) is 38.8 Å². The number of aliphatic imine (C=N–C) groups is 1. The number of hydrogen-bond acceptors (Lipinski definition) is 3. The molecule has 2 N–H and O–H groups in total. The molecular formula is C19H21F2N3O2. The van der Waals surface area contributed by atoms with Gasteiger partial charge in [-0.15, -0.1) is 0 Å². The van der Waals surface area contributed by atoms with Crippen LogP contribution in [0.1, 0.15) is 5.56 Å². The van der Waals surface area contributed by atoms with Crippen molar-refractivity contribution in [3.05, 3.63) is 59.7 Å². The number of halogens is 2. The molecule has 0 amide bonds. The van der Waals surface area contributed by atoms with Crippen LogP contribution in [0.2, 0.25) is 0 Å². The predicted molar refractivity (Wildman–Crippen MR) is 95.8 cm³/mol. The lowest BCUT2D eigenvalue weighted by Crippen LogP contribution is -2.45. The van der Waals surface area contributed by atoms with E-state index in [1.165, 1.54) is 12.1 Å². The number of ether oxygens (including phenoxy) is 2. The smallest absolute Gasteiger partial charge is 0.191 e. The third-order valence-electron chi connectivity index (χ3n) is 3.99. The summed E-state index contributed by atoms with van der Waals surface area (Å²) < 4.78 is 38.1. The molecule has 0 aromatic heterocycles. The number of rotatable bonds is 5. The average Bonchev–Trinajstić information content (AvgIpc) is 2.66. The van der Waals surface area contributed by atoms with Gasteiger partial charge in [0.05, 0.1) is 6.54 Å². The van der Waals surface area contributed by atoms with Gasteiger partial charge in [0.1, 0.15) is 24.3 Å². The molecule has 1 heterocycles. The van der Waals surface area contributed by atoms with Crippen LogP contribution in [0.4, 0.5) is 8.78 Å². The van der Waals surface area contributed by atoms with E-state index >= 15 is 0 Å². The molecule has 7 heteroatoms. The van der Waals surface area contributed by atoms with Crippen LogP contribution in [-0.2, 0) is 6.42 Å². The van der Waals surface area contributed by atoms with E-state index in [4.69, 9.17) is 9.47 Å². The van der Waals surface area contributed by atoms with Crippen molar-refractivity contribution < 1.29 is 18.3 Å². The fourth-order valence-electron chi connectivity index (χ4n) is 2.63. The topological polar surface area (TPSA) is 54.9 Å². The van der Waals surface area contributed by atoms with Gasteiger partial charge in [0.25, 0.3) is 0 Å². The number of benzene rings is 2. The zero-order valence-corrected chi connectivity index (χ0v) is 14.5. The molecule has 5 nitrogen and oxygen atoms in total. The molecular weight excluding hydrogens is 340 g/mol. The van der Waals surface area contributed by atoms with E-state index in [-0.39, 0.29) is 6.10 Å². The summed E-state index contributed by atoms with van der Waals surface area (Å²) in [5.74, 6) is 0.928. The van der Waals surface area contributed by atoms with E-state index in [1.54, 1.807) is 7.05 Å². The normalized spacial score (nSPS) is 16.3. The van der Waals surface area contributed by atoms with Crippen molar-refractivity contribution >= 4 is 5.96 Å². The molecule has 0 aliphatic carbocycles. The lowest BCUT2D eigenvalue weighted by molar-refractivity contribution is 0.0936. The van der Waals surface area contributed by atoms with Gasteiger partial charge < -0.3 is 20.1 Å². The maximum absolute atomic E-state index is 13.6. The third kappa shape index (κ3) is 4.62. The standard InChI is InChI=1S/C19H21F2N3O2/c1-22-19(23-9-8-13-6-7-14(20)10-16(13)21)24-11-15-12-25-17-4-2-3-5-18(17)26-15/h2-7,10,15H,8-9,11-12H2,1H3,(H2,22,23,24). The van der Waals surface area contributed by atoms with E-state index in [1.807, 2.05) is 24.3 Å². The summed E-state index contributed by atoms with van der Waals surface area (Å²) in [7, 11) is 1.65. The molecule has 1 aliphatic heterocycles. The summed E-state index contributed by atoms with van der Waals surface area (Å²) in [6.07, 6.45) is 0.279. The van der Waals surface area contributed by atoms with Gasteiger partial charge in [-0.2, -0.15) is 0 Å². The Balaban J connectivity index is 1.44. The predicted octanol–water partition coefficient (Wildman–Crippen LogP) is 2.51. The van der Waals surface area contributed by atoms with Crippen molar-refractivity contribution in [3.8, 4) is 11.5 Å². The van der Waals surface area contributed by atoms with Crippen LogP contribution in [0, 0.1) is 11.6 Å². The van der Waals surface area contributed by atoms with E-state index in [0.29, 0.717) is 37.6 Å². The zero-order valence-electron chi connectivity index (χ0n) is 14.5. The summed E-state index contributed by atoms with van der Waals surface area (Å²) >= 11 is 0. The third-order valence-corrected chi connectivity index (χ3v) is 3.99. The molecule has 0 fully saturated rings. The van der Waals surface area contributed by atoms with Crippen molar-refractivity contribution in [1.82, 2.24) is 10.6 Å². The maximum Gasteiger partial charge on any atom is 0.191 e. The second-order valence-corrected chi connectivity index (χ2v) is 5.86. The molecule has 3 rings (SSSR count). The first kappa shape index (κ1) is 18.0. The van der Waals surface area contributed by atoms with E-state index in [9.17, 15) is 8.78 Å². The van der Waals surface area contributed by atoms with Gasteiger partial charge in [0.2, 0.25) is 0 Å². The second kappa shape index (κ2) is 8.51.